The first-order valence-corrected chi connectivity index (χ1v) is 8.65. The summed E-state index contributed by atoms with van der Waals surface area (Å²) >= 11 is 1.95. The molecule has 0 aliphatic carbocycles. The van der Waals surface area contributed by atoms with Crippen LogP contribution in [0.1, 0.15) is 26.2 Å². The number of thioether (sulfide) groups is 1. The van der Waals surface area contributed by atoms with Crippen LogP contribution < -0.4 is 5.32 Å². The molecule has 0 aromatic carbocycles. The van der Waals surface area contributed by atoms with Crippen LogP contribution in [0, 0.1) is 0 Å². The van der Waals surface area contributed by atoms with Crippen molar-refractivity contribution in [2.75, 3.05) is 44.7 Å². The molecule has 0 radical (unpaired) electrons. The second-order valence-corrected chi connectivity index (χ2v) is 6.78. The number of nitrogens with zero attached hydrogens (tertiary/aromatic N) is 2. The van der Waals surface area contributed by atoms with Gasteiger partial charge >= 0.3 is 0 Å². The number of carbonyl (C=O) groups is 1. The molecule has 0 saturated carbocycles. The molecule has 7 heteroatoms. The minimum atomic E-state index is 0. The van der Waals surface area contributed by atoms with Crippen molar-refractivity contribution in [3.63, 3.8) is 0 Å². The fraction of sp³-hybridized carbons (Fsp3) is 0.929. The van der Waals surface area contributed by atoms with Crippen molar-refractivity contribution in [1.82, 2.24) is 15.1 Å². The van der Waals surface area contributed by atoms with Crippen LogP contribution in [0.25, 0.3) is 0 Å². The van der Waals surface area contributed by atoms with Crippen molar-refractivity contribution in [3.8, 4) is 0 Å². The molecule has 1 amide bonds. The van der Waals surface area contributed by atoms with Crippen LogP contribution in [0.15, 0.2) is 0 Å². The maximum absolute atomic E-state index is 12.3. The van der Waals surface area contributed by atoms with E-state index >= 15 is 0 Å². The summed E-state index contributed by atoms with van der Waals surface area (Å²) in [5.74, 6) is 2.54. The summed E-state index contributed by atoms with van der Waals surface area (Å²) in [4.78, 5) is 16.7. The lowest BCUT2D eigenvalue weighted by Gasteiger charge is -2.29. The van der Waals surface area contributed by atoms with E-state index in [0.29, 0.717) is 24.4 Å². The van der Waals surface area contributed by atoms with Crippen LogP contribution >= 0.6 is 36.6 Å². The third-order valence-corrected chi connectivity index (χ3v) is 5.37. The molecule has 0 aromatic heterocycles. The molecule has 2 unspecified atom stereocenters. The molecule has 2 aliphatic heterocycles. The SMILES string of the molecule is CCN1CCCC1CN(C)C(=O)CC1CSCCN1.Cl.Cl. The fourth-order valence-electron chi connectivity index (χ4n) is 3.05. The number of halogens is 2. The third-order valence-electron chi connectivity index (χ3n) is 4.24. The summed E-state index contributed by atoms with van der Waals surface area (Å²) in [6.07, 6.45) is 3.17. The Bertz CT molecular complexity index is 304. The fourth-order valence-corrected chi connectivity index (χ4v) is 4.00. The standard InChI is InChI=1S/C14H27N3OS.2ClH/c1-3-17-7-4-5-13(17)10-16(2)14(18)9-12-11-19-8-6-15-12;;/h12-13,15H,3-11H2,1-2H3;2*1H. The first-order chi connectivity index (χ1) is 9.20. The van der Waals surface area contributed by atoms with E-state index in [2.05, 4.69) is 17.1 Å². The van der Waals surface area contributed by atoms with Gasteiger partial charge in [-0.1, -0.05) is 6.92 Å². The molecular weight excluding hydrogens is 329 g/mol. The lowest BCUT2D eigenvalue weighted by atomic mass is 10.1. The maximum atomic E-state index is 12.3. The van der Waals surface area contributed by atoms with Gasteiger partial charge in [0.25, 0.3) is 0 Å². The smallest absolute Gasteiger partial charge is 0.223 e. The Morgan fingerprint density at radius 2 is 2.19 bits per heavy atom. The van der Waals surface area contributed by atoms with E-state index in [1.54, 1.807) is 0 Å². The molecule has 4 nitrogen and oxygen atoms in total. The van der Waals surface area contributed by atoms with Gasteiger partial charge in [0.15, 0.2) is 0 Å². The minimum absolute atomic E-state index is 0. The van der Waals surface area contributed by atoms with Gasteiger partial charge in [-0.2, -0.15) is 11.8 Å². The molecule has 1 N–H and O–H groups in total. The predicted octanol–water partition coefficient (Wildman–Crippen LogP) is 1.87. The molecule has 0 aromatic rings. The lowest BCUT2D eigenvalue weighted by Crippen LogP contribution is -2.45. The quantitative estimate of drug-likeness (QED) is 0.814. The number of amides is 1. The van der Waals surface area contributed by atoms with Crippen molar-refractivity contribution in [1.29, 1.82) is 0 Å². The molecule has 21 heavy (non-hydrogen) atoms. The van der Waals surface area contributed by atoms with Gasteiger partial charge < -0.3 is 10.2 Å². The zero-order valence-electron chi connectivity index (χ0n) is 13.0. The number of likely N-dealkylation sites (N-methyl/N-ethyl adjacent to an activating group) is 2. The summed E-state index contributed by atoms with van der Waals surface area (Å²) in [5, 5.41) is 3.44. The van der Waals surface area contributed by atoms with Crippen LogP contribution in [-0.2, 0) is 4.79 Å². The van der Waals surface area contributed by atoms with Gasteiger partial charge in [-0.15, -0.1) is 24.8 Å². The normalized spacial score (nSPS) is 25.8. The average Bonchev–Trinajstić information content (AvgIpc) is 2.87. The van der Waals surface area contributed by atoms with Gasteiger partial charge in [0.1, 0.15) is 0 Å². The Morgan fingerprint density at radius 3 is 2.81 bits per heavy atom. The van der Waals surface area contributed by atoms with Crippen LogP contribution in [0.2, 0.25) is 0 Å². The zero-order chi connectivity index (χ0) is 13.7. The van der Waals surface area contributed by atoms with E-state index in [0.717, 1.165) is 25.4 Å². The van der Waals surface area contributed by atoms with Crippen molar-refractivity contribution in [3.05, 3.63) is 0 Å². The number of likely N-dealkylation sites (tertiary alicyclic amines) is 1. The monoisotopic (exact) mass is 357 g/mol. The lowest BCUT2D eigenvalue weighted by molar-refractivity contribution is -0.130. The zero-order valence-corrected chi connectivity index (χ0v) is 15.5. The van der Waals surface area contributed by atoms with Gasteiger partial charge in [0.05, 0.1) is 0 Å². The van der Waals surface area contributed by atoms with Gasteiger partial charge in [-0.25, -0.2) is 0 Å². The maximum Gasteiger partial charge on any atom is 0.223 e. The van der Waals surface area contributed by atoms with Crippen LogP contribution in [0.4, 0.5) is 0 Å². The first-order valence-electron chi connectivity index (χ1n) is 7.50. The second-order valence-electron chi connectivity index (χ2n) is 5.63. The Balaban J connectivity index is 0.00000200. The van der Waals surface area contributed by atoms with Gasteiger partial charge in [-0.3, -0.25) is 9.69 Å². The summed E-state index contributed by atoms with van der Waals surface area (Å²) in [6.45, 7) is 6.45. The van der Waals surface area contributed by atoms with Crippen LogP contribution in [-0.4, -0.2) is 72.5 Å². The molecule has 126 valence electrons. The highest BCUT2D eigenvalue weighted by atomic mass is 35.5. The Hall–Kier alpha value is 0.320. The van der Waals surface area contributed by atoms with Gasteiger partial charge in [0.2, 0.25) is 5.91 Å². The number of nitrogens with one attached hydrogen (secondary N) is 1. The second kappa shape index (κ2) is 10.9. The highest BCUT2D eigenvalue weighted by molar-refractivity contribution is 7.99. The molecule has 0 bridgehead atoms. The van der Waals surface area contributed by atoms with E-state index < -0.39 is 0 Å². The highest BCUT2D eigenvalue weighted by Crippen LogP contribution is 2.18. The Labute approximate surface area is 145 Å². The van der Waals surface area contributed by atoms with E-state index in [1.807, 2.05) is 23.7 Å². The number of hydrogen-bond acceptors (Lipinski definition) is 4. The van der Waals surface area contributed by atoms with Crippen molar-refractivity contribution < 1.29 is 4.79 Å². The van der Waals surface area contributed by atoms with E-state index in [9.17, 15) is 4.79 Å². The number of rotatable bonds is 5. The summed E-state index contributed by atoms with van der Waals surface area (Å²) in [7, 11) is 1.96. The predicted molar refractivity (Wildman–Crippen MR) is 96.1 cm³/mol. The highest BCUT2D eigenvalue weighted by Gasteiger charge is 2.26. The third kappa shape index (κ3) is 6.53. The van der Waals surface area contributed by atoms with E-state index in [-0.39, 0.29) is 24.8 Å². The largest absolute Gasteiger partial charge is 0.344 e. The van der Waals surface area contributed by atoms with Crippen molar-refractivity contribution >= 4 is 42.5 Å². The summed E-state index contributed by atoms with van der Waals surface area (Å²) in [5.41, 5.74) is 0. The molecule has 2 rings (SSSR count). The van der Waals surface area contributed by atoms with Gasteiger partial charge in [0, 0.05) is 50.1 Å². The molecule has 2 aliphatic rings. The van der Waals surface area contributed by atoms with Crippen molar-refractivity contribution in [2.24, 2.45) is 0 Å². The van der Waals surface area contributed by atoms with E-state index in [4.69, 9.17) is 0 Å². The number of hydrogen-bond donors (Lipinski definition) is 1. The molecule has 2 atom stereocenters. The molecule has 0 spiro atoms. The Kier molecular flexibility index (Phi) is 11.1. The summed E-state index contributed by atoms with van der Waals surface area (Å²) in [6, 6.07) is 0.951. The number of carbonyl (C=O) groups excluding carboxylic acids is 1. The molecule has 2 heterocycles. The van der Waals surface area contributed by atoms with E-state index in [1.165, 1.54) is 25.1 Å². The first kappa shape index (κ1) is 21.3. The molecule has 2 saturated heterocycles. The van der Waals surface area contributed by atoms with Crippen LogP contribution in [0.3, 0.4) is 0 Å². The van der Waals surface area contributed by atoms with Crippen molar-refractivity contribution in [2.45, 2.75) is 38.3 Å². The Morgan fingerprint density at radius 1 is 1.43 bits per heavy atom. The van der Waals surface area contributed by atoms with Crippen LogP contribution in [0.5, 0.6) is 0 Å². The average molecular weight is 358 g/mol. The summed E-state index contributed by atoms with van der Waals surface area (Å²) < 4.78 is 0. The topological polar surface area (TPSA) is 35.6 Å². The van der Waals surface area contributed by atoms with Gasteiger partial charge in [-0.05, 0) is 25.9 Å². The molecular formula is C14H29Cl2N3OS. The minimum Gasteiger partial charge on any atom is -0.344 e. The molecule has 2 fully saturated rings.